The summed E-state index contributed by atoms with van der Waals surface area (Å²) in [7, 11) is 0. The molecule has 34 heavy (non-hydrogen) atoms. The molecule has 3 atom stereocenters. The fraction of sp³-hybridized carbons (Fsp3) is 0.375. The van der Waals surface area contributed by atoms with Crippen LogP contribution in [-0.4, -0.2) is 65.0 Å². The molecule has 0 aliphatic carbocycles. The lowest BCUT2D eigenvalue weighted by molar-refractivity contribution is -0.138. The number of carbonyl (C=O) groups is 2. The van der Waals surface area contributed by atoms with Crippen molar-refractivity contribution in [2.45, 2.75) is 50.6 Å². The van der Waals surface area contributed by atoms with E-state index in [1.165, 1.54) is 11.4 Å². The number of aromatic amines is 1. The molecule has 2 fully saturated rings. The SMILES string of the molecule is CC(=O)c1c([C@H]2C[C@H]3CC[C@@H](C2)N3C(=O)CO)nc2c(-c3ccc4[nH]cnc4c3)cnn2c1N. The summed E-state index contributed by atoms with van der Waals surface area (Å²) in [6.45, 7) is 1.02. The zero-order valence-corrected chi connectivity index (χ0v) is 18.7. The summed E-state index contributed by atoms with van der Waals surface area (Å²) in [6, 6.07) is 5.98. The molecule has 0 saturated carbocycles. The minimum absolute atomic E-state index is 0.0111. The first kappa shape index (κ1) is 20.8. The third-order valence-electron chi connectivity index (χ3n) is 7.34. The number of hydrogen-bond acceptors (Lipinski definition) is 7. The fourth-order valence-corrected chi connectivity index (χ4v) is 5.88. The number of piperidine rings is 1. The maximum atomic E-state index is 12.7. The average Bonchev–Trinajstić information content (AvgIpc) is 3.53. The van der Waals surface area contributed by atoms with E-state index in [0.717, 1.165) is 35.0 Å². The van der Waals surface area contributed by atoms with Gasteiger partial charge in [-0.05, 0) is 50.3 Å². The number of amides is 1. The molecule has 5 heterocycles. The Labute approximate surface area is 194 Å². The predicted molar refractivity (Wildman–Crippen MR) is 125 cm³/mol. The molecule has 1 aromatic carbocycles. The second-order valence-electron chi connectivity index (χ2n) is 9.25. The highest BCUT2D eigenvalue weighted by molar-refractivity contribution is 6.00. The van der Waals surface area contributed by atoms with E-state index >= 15 is 0 Å². The number of nitrogen functional groups attached to an aromatic ring is 1. The van der Waals surface area contributed by atoms with Crippen molar-refractivity contribution in [3.8, 4) is 11.1 Å². The van der Waals surface area contributed by atoms with Crippen LogP contribution in [0, 0.1) is 0 Å². The van der Waals surface area contributed by atoms with E-state index < -0.39 is 6.61 Å². The number of benzene rings is 1. The van der Waals surface area contributed by atoms with Crippen LogP contribution in [0.15, 0.2) is 30.7 Å². The van der Waals surface area contributed by atoms with Crippen LogP contribution in [0.3, 0.4) is 0 Å². The summed E-state index contributed by atoms with van der Waals surface area (Å²) >= 11 is 0. The van der Waals surface area contributed by atoms with Gasteiger partial charge in [-0.25, -0.2) is 9.97 Å². The standard InChI is InChI=1S/C24H25N7O3/c1-12(33)21-22(14-6-15-3-4-16(7-14)30(15)20(34)10-32)29-24-17(9-28-31(24)23(21)25)13-2-5-18-19(8-13)27-11-26-18/h2,5,8-9,11,14-16,32H,3-4,6-7,10,25H2,1H3,(H,26,27)/t14-,15+,16-. The van der Waals surface area contributed by atoms with Gasteiger partial charge in [0.05, 0.1) is 34.8 Å². The Morgan fingerprint density at radius 2 is 2.00 bits per heavy atom. The molecule has 10 heteroatoms. The molecular weight excluding hydrogens is 434 g/mol. The van der Waals surface area contributed by atoms with E-state index in [1.54, 1.807) is 12.5 Å². The molecule has 6 rings (SSSR count). The summed E-state index contributed by atoms with van der Waals surface area (Å²) in [6.07, 6.45) is 6.53. The van der Waals surface area contributed by atoms with Crippen LogP contribution in [0.2, 0.25) is 0 Å². The second-order valence-corrected chi connectivity index (χ2v) is 9.25. The van der Waals surface area contributed by atoms with Crippen LogP contribution in [-0.2, 0) is 4.79 Å². The average molecular weight is 460 g/mol. The van der Waals surface area contributed by atoms with Gasteiger partial charge in [-0.3, -0.25) is 9.59 Å². The maximum Gasteiger partial charge on any atom is 0.248 e. The third kappa shape index (κ3) is 3.02. The Morgan fingerprint density at radius 1 is 1.24 bits per heavy atom. The van der Waals surface area contributed by atoms with Gasteiger partial charge in [0.2, 0.25) is 5.91 Å². The Bertz CT molecular complexity index is 1440. The first-order chi connectivity index (χ1) is 16.5. The quantitative estimate of drug-likeness (QED) is 0.397. The van der Waals surface area contributed by atoms with E-state index in [-0.39, 0.29) is 35.5 Å². The highest BCUT2D eigenvalue weighted by atomic mass is 16.3. The number of aliphatic hydroxyl groups is 1. The van der Waals surface area contributed by atoms with Crippen molar-refractivity contribution in [1.82, 2.24) is 29.5 Å². The normalized spacial score (nSPS) is 22.1. The summed E-state index contributed by atoms with van der Waals surface area (Å²) in [5.74, 6) is -0.116. The summed E-state index contributed by atoms with van der Waals surface area (Å²) in [4.78, 5) is 39.2. The number of fused-ring (bicyclic) bond motifs is 4. The number of rotatable bonds is 4. The fourth-order valence-electron chi connectivity index (χ4n) is 5.88. The minimum Gasteiger partial charge on any atom is -0.387 e. The van der Waals surface area contributed by atoms with Gasteiger partial charge in [-0.1, -0.05) is 6.07 Å². The number of aliphatic hydroxyl groups excluding tert-OH is 1. The number of carbonyl (C=O) groups excluding carboxylic acids is 2. The van der Waals surface area contributed by atoms with Crippen molar-refractivity contribution in [3.63, 3.8) is 0 Å². The van der Waals surface area contributed by atoms with E-state index in [2.05, 4.69) is 15.1 Å². The zero-order valence-electron chi connectivity index (χ0n) is 18.7. The van der Waals surface area contributed by atoms with Crippen LogP contribution >= 0.6 is 0 Å². The minimum atomic E-state index is -0.479. The molecule has 2 aliphatic rings. The van der Waals surface area contributed by atoms with Gasteiger partial charge in [0.15, 0.2) is 11.4 Å². The van der Waals surface area contributed by atoms with Gasteiger partial charge in [0, 0.05) is 23.6 Å². The zero-order chi connectivity index (χ0) is 23.6. The van der Waals surface area contributed by atoms with E-state index in [1.807, 2.05) is 23.1 Å². The number of Topliss-reactive ketones (excluding diaryl/α,β-unsaturated/α-hetero) is 1. The summed E-state index contributed by atoms with van der Waals surface area (Å²) in [5.41, 5.74) is 11.7. The maximum absolute atomic E-state index is 12.7. The predicted octanol–water partition coefficient (Wildman–Crippen LogP) is 2.29. The number of nitrogens with two attached hydrogens (primary N) is 1. The molecule has 0 spiro atoms. The highest BCUT2D eigenvalue weighted by Gasteiger charge is 2.44. The van der Waals surface area contributed by atoms with Crippen LogP contribution in [0.5, 0.6) is 0 Å². The number of ketones is 1. The largest absolute Gasteiger partial charge is 0.387 e. The molecule has 2 aliphatic heterocycles. The van der Waals surface area contributed by atoms with Gasteiger partial charge in [-0.15, -0.1) is 0 Å². The van der Waals surface area contributed by atoms with E-state index in [0.29, 0.717) is 29.7 Å². The number of anilines is 1. The van der Waals surface area contributed by atoms with E-state index in [4.69, 9.17) is 10.7 Å². The van der Waals surface area contributed by atoms with Crippen molar-refractivity contribution >= 4 is 34.2 Å². The van der Waals surface area contributed by atoms with Crippen molar-refractivity contribution in [2.24, 2.45) is 0 Å². The summed E-state index contributed by atoms with van der Waals surface area (Å²) < 4.78 is 1.53. The lowest BCUT2D eigenvalue weighted by atomic mass is 9.85. The molecule has 3 aromatic heterocycles. The van der Waals surface area contributed by atoms with Crippen molar-refractivity contribution < 1.29 is 14.7 Å². The molecule has 10 nitrogen and oxygen atoms in total. The molecule has 4 N–H and O–H groups in total. The number of imidazole rings is 1. The molecule has 2 saturated heterocycles. The molecule has 4 aromatic rings. The Balaban J connectivity index is 1.47. The number of H-pyrrole nitrogens is 1. The van der Waals surface area contributed by atoms with E-state index in [9.17, 15) is 14.7 Å². The van der Waals surface area contributed by atoms with Crippen molar-refractivity contribution in [2.75, 3.05) is 12.3 Å². The van der Waals surface area contributed by atoms with Crippen LogP contribution in [0.4, 0.5) is 5.82 Å². The molecular formula is C24H25N7O3. The monoisotopic (exact) mass is 459 g/mol. The van der Waals surface area contributed by atoms with Gasteiger partial charge >= 0.3 is 0 Å². The second kappa shape index (κ2) is 7.63. The van der Waals surface area contributed by atoms with Crippen molar-refractivity contribution in [1.29, 1.82) is 0 Å². The highest BCUT2D eigenvalue weighted by Crippen LogP contribution is 2.44. The van der Waals surface area contributed by atoms with Crippen molar-refractivity contribution in [3.05, 3.63) is 42.0 Å². The number of nitrogens with zero attached hydrogens (tertiary/aromatic N) is 5. The lowest BCUT2D eigenvalue weighted by Gasteiger charge is -2.39. The Kier molecular flexibility index (Phi) is 4.66. The molecule has 2 bridgehead atoms. The third-order valence-corrected chi connectivity index (χ3v) is 7.34. The number of hydrogen-bond donors (Lipinski definition) is 3. The molecule has 0 unspecified atom stereocenters. The molecule has 0 radical (unpaired) electrons. The lowest BCUT2D eigenvalue weighted by Crippen LogP contribution is -2.47. The molecule has 174 valence electrons. The summed E-state index contributed by atoms with van der Waals surface area (Å²) in [5, 5.41) is 13.8. The number of nitrogens with one attached hydrogen (secondary N) is 1. The first-order valence-corrected chi connectivity index (χ1v) is 11.5. The topological polar surface area (TPSA) is 142 Å². The Hall–Kier alpha value is -3.79. The first-order valence-electron chi connectivity index (χ1n) is 11.5. The number of aromatic nitrogens is 5. The Morgan fingerprint density at radius 3 is 2.71 bits per heavy atom. The molecule has 1 amide bonds. The van der Waals surface area contributed by atoms with Crippen LogP contribution in [0.1, 0.15) is 54.6 Å². The van der Waals surface area contributed by atoms with Crippen LogP contribution < -0.4 is 5.73 Å². The van der Waals surface area contributed by atoms with Gasteiger partial charge in [0.1, 0.15) is 12.4 Å². The van der Waals surface area contributed by atoms with Crippen LogP contribution in [0.25, 0.3) is 27.8 Å². The van der Waals surface area contributed by atoms with Gasteiger partial charge in [-0.2, -0.15) is 9.61 Å². The smallest absolute Gasteiger partial charge is 0.248 e. The van der Waals surface area contributed by atoms with Gasteiger partial charge in [0.25, 0.3) is 0 Å². The van der Waals surface area contributed by atoms with Gasteiger partial charge < -0.3 is 20.7 Å².